The van der Waals surface area contributed by atoms with Crippen LogP contribution < -0.4 is 16.5 Å². The monoisotopic (exact) mass is 358 g/mol. The number of amides is 3. The van der Waals surface area contributed by atoms with E-state index in [-0.39, 0.29) is 5.91 Å². The van der Waals surface area contributed by atoms with Gasteiger partial charge in [0.1, 0.15) is 0 Å². The van der Waals surface area contributed by atoms with Crippen molar-refractivity contribution in [3.63, 3.8) is 0 Å². The van der Waals surface area contributed by atoms with E-state index in [4.69, 9.17) is 17.3 Å². The summed E-state index contributed by atoms with van der Waals surface area (Å²) in [5.74, 6) is -2.37. The second-order valence-electron chi connectivity index (χ2n) is 5.04. The predicted octanol–water partition coefficient (Wildman–Crippen LogP) is 1.92. The van der Waals surface area contributed by atoms with Gasteiger partial charge in [-0.1, -0.05) is 23.7 Å². The molecule has 0 radical (unpaired) electrons. The zero-order valence-corrected chi connectivity index (χ0v) is 14.0. The normalized spacial score (nSPS) is 10.9. The van der Waals surface area contributed by atoms with Gasteiger partial charge < -0.3 is 11.1 Å². The highest BCUT2D eigenvalue weighted by Gasteiger charge is 2.08. The van der Waals surface area contributed by atoms with E-state index in [1.54, 1.807) is 55.5 Å². The second-order valence-corrected chi connectivity index (χ2v) is 5.48. The summed E-state index contributed by atoms with van der Waals surface area (Å²) in [4.78, 5) is 33.8. The molecular weight excluding hydrogens is 344 g/mol. The Labute approximate surface area is 148 Å². The Hall–Kier alpha value is -3.19. The third kappa shape index (κ3) is 5.15. The van der Waals surface area contributed by atoms with Crippen molar-refractivity contribution in [3.05, 3.63) is 64.7 Å². The molecule has 0 heterocycles. The molecule has 0 aliphatic heterocycles. The molecule has 0 saturated heterocycles. The van der Waals surface area contributed by atoms with E-state index in [0.717, 1.165) is 0 Å². The number of halogens is 1. The molecule has 0 fully saturated rings. The van der Waals surface area contributed by atoms with Gasteiger partial charge in [0.15, 0.2) is 0 Å². The van der Waals surface area contributed by atoms with Crippen molar-refractivity contribution in [1.82, 2.24) is 5.43 Å². The van der Waals surface area contributed by atoms with Gasteiger partial charge in [-0.2, -0.15) is 5.10 Å². The number of hydrogen-bond donors (Lipinski definition) is 3. The second kappa shape index (κ2) is 8.07. The third-order valence-corrected chi connectivity index (χ3v) is 3.47. The first-order chi connectivity index (χ1) is 11.9. The van der Waals surface area contributed by atoms with Crippen LogP contribution in [0.3, 0.4) is 0 Å². The number of hydrazone groups is 1. The van der Waals surface area contributed by atoms with Crippen LogP contribution in [0, 0.1) is 0 Å². The number of nitrogens with one attached hydrogen (secondary N) is 2. The smallest absolute Gasteiger partial charge is 0.329 e. The fraction of sp³-hybridized carbons (Fsp3) is 0.0588. The summed E-state index contributed by atoms with van der Waals surface area (Å²) in [7, 11) is 0. The van der Waals surface area contributed by atoms with Crippen LogP contribution in [0.1, 0.15) is 22.8 Å². The van der Waals surface area contributed by atoms with Crippen LogP contribution in [0.15, 0.2) is 53.6 Å². The molecule has 0 aromatic heterocycles. The Bertz CT molecular complexity index is 830. The van der Waals surface area contributed by atoms with Crippen LogP contribution in [0.5, 0.6) is 0 Å². The van der Waals surface area contributed by atoms with Gasteiger partial charge in [0.05, 0.1) is 5.71 Å². The largest absolute Gasteiger partial charge is 0.361 e. The molecule has 2 rings (SSSR count). The molecule has 0 atom stereocenters. The standard InChI is InChI=1S/C17H15ClN4O3/c1-10(21-22-17(25)15(19)23)11-4-8-14(9-5-11)20-16(24)12-2-6-13(18)7-3-12/h2-9H,1H3,(H2,19,23)(H,20,24)(H,22,25)/b21-10+. The van der Waals surface area contributed by atoms with Crippen LogP contribution >= 0.6 is 11.6 Å². The lowest BCUT2D eigenvalue weighted by molar-refractivity contribution is -0.137. The van der Waals surface area contributed by atoms with Gasteiger partial charge in [0.25, 0.3) is 5.91 Å². The summed E-state index contributed by atoms with van der Waals surface area (Å²) in [5.41, 5.74) is 9.12. The number of rotatable bonds is 4. The molecule has 25 heavy (non-hydrogen) atoms. The van der Waals surface area contributed by atoms with E-state index in [1.807, 2.05) is 5.43 Å². The van der Waals surface area contributed by atoms with Crippen LogP contribution in [0.4, 0.5) is 5.69 Å². The van der Waals surface area contributed by atoms with Crippen molar-refractivity contribution in [2.45, 2.75) is 6.92 Å². The molecule has 0 bridgehead atoms. The van der Waals surface area contributed by atoms with Gasteiger partial charge in [0, 0.05) is 16.3 Å². The average Bonchev–Trinajstić information content (AvgIpc) is 2.60. The Morgan fingerprint density at radius 3 is 2.08 bits per heavy atom. The molecule has 3 amide bonds. The molecule has 2 aromatic rings. The van der Waals surface area contributed by atoms with E-state index < -0.39 is 11.8 Å². The Balaban J connectivity index is 2.03. The lowest BCUT2D eigenvalue weighted by atomic mass is 10.1. The highest BCUT2D eigenvalue weighted by atomic mass is 35.5. The van der Waals surface area contributed by atoms with Crippen molar-refractivity contribution in [3.8, 4) is 0 Å². The van der Waals surface area contributed by atoms with Gasteiger partial charge in [-0.15, -0.1) is 0 Å². The molecule has 2 aromatic carbocycles. The first kappa shape index (κ1) is 18.2. The number of carbonyl (C=O) groups excluding carboxylic acids is 3. The molecule has 0 saturated carbocycles. The molecule has 0 spiro atoms. The SMILES string of the molecule is C/C(=N\NC(=O)C(N)=O)c1ccc(NC(=O)c2ccc(Cl)cc2)cc1. The van der Waals surface area contributed by atoms with Crippen LogP contribution in [0.2, 0.25) is 5.02 Å². The molecule has 128 valence electrons. The van der Waals surface area contributed by atoms with Gasteiger partial charge in [-0.05, 0) is 48.9 Å². The first-order valence-corrected chi connectivity index (χ1v) is 7.56. The maximum atomic E-state index is 12.1. The molecule has 0 aliphatic carbocycles. The number of hydrogen-bond acceptors (Lipinski definition) is 4. The fourth-order valence-electron chi connectivity index (χ4n) is 1.85. The fourth-order valence-corrected chi connectivity index (χ4v) is 1.98. The van der Waals surface area contributed by atoms with Crippen LogP contribution in [-0.2, 0) is 9.59 Å². The highest BCUT2D eigenvalue weighted by Crippen LogP contribution is 2.14. The minimum atomic E-state index is -1.11. The van der Waals surface area contributed by atoms with Crippen LogP contribution in [-0.4, -0.2) is 23.4 Å². The predicted molar refractivity (Wildman–Crippen MR) is 95.4 cm³/mol. The number of nitrogens with zero attached hydrogens (tertiary/aromatic N) is 1. The number of benzene rings is 2. The van der Waals surface area contributed by atoms with E-state index in [0.29, 0.717) is 27.5 Å². The maximum absolute atomic E-state index is 12.1. The van der Waals surface area contributed by atoms with Gasteiger partial charge in [-0.3, -0.25) is 14.4 Å². The Morgan fingerprint density at radius 1 is 0.960 bits per heavy atom. The zero-order valence-electron chi connectivity index (χ0n) is 13.2. The Morgan fingerprint density at radius 2 is 1.52 bits per heavy atom. The zero-order chi connectivity index (χ0) is 18.4. The van der Waals surface area contributed by atoms with Crippen molar-refractivity contribution in [2.75, 3.05) is 5.32 Å². The minimum Gasteiger partial charge on any atom is -0.361 e. The van der Waals surface area contributed by atoms with E-state index in [9.17, 15) is 14.4 Å². The summed E-state index contributed by atoms with van der Waals surface area (Å²) in [6.45, 7) is 1.66. The number of nitrogens with two attached hydrogens (primary N) is 1. The van der Waals surface area contributed by atoms with E-state index >= 15 is 0 Å². The lowest BCUT2D eigenvalue weighted by Gasteiger charge is -2.07. The third-order valence-electron chi connectivity index (χ3n) is 3.22. The molecule has 7 nitrogen and oxygen atoms in total. The lowest BCUT2D eigenvalue weighted by Crippen LogP contribution is -2.33. The molecule has 4 N–H and O–H groups in total. The molecular formula is C17H15ClN4O3. The van der Waals surface area contributed by atoms with Crippen LogP contribution in [0.25, 0.3) is 0 Å². The summed E-state index contributed by atoms with van der Waals surface area (Å²) in [5, 5.41) is 7.09. The molecule has 0 unspecified atom stereocenters. The van der Waals surface area contributed by atoms with Gasteiger partial charge in [-0.25, -0.2) is 5.43 Å². The maximum Gasteiger partial charge on any atom is 0.329 e. The summed E-state index contributed by atoms with van der Waals surface area (Å²) in [6.07, 6.45) is 0. The minimum absolute atomic E-state index is 0.261. The van der Waals surface area contributed by atoms with Crippen molar-refractivity contribution in [2.24, 2.45) is 10.8 Å². The van der Waals surface area contributed by atoms with E-state index in [1.165, 1.54) is 0 Å². The van der Waals surface area contributed by atoms with E-state index in [2.05, 4.69) is 10.4 Å². The Kier molecular flexibility index (Phi) is 5.86. The average molecular weight is 359 g/mol. The summed E-state index contributed by atoms with van der Waals surface area (Å²) in [6, 6.07) is 13.4. The van der Waals surface area contributed by atoms with Crippen molar-refractivity contribution in [1.29, 1.82) is 0 Å². The first-order valence-electron chi connectivity index (χ1n) is 7.18. The van der Waals surface area contributed by atoms with Gasteiger partial charge in [0.2, 0.25) is 0 Å². The summed E-state index contributed by atoms with van der Waals surface area (Å²) >= 11 is 5.79. The van der Waals surface area contributed by atoms with Gasteiger partial charge >= 0.3 is 11.8 Å². The number of primary amides is 1. The topological polar surface area (TPSA) is 114 Å². The summed E-state index contributed by atoms with van der Waals surface area (Å²) < 4.78 is 0. The molecule has 0 aliphatic rings. The number of carbonyl (C=O) groups is 3. The highest BCUT2D eigenvalue weighted by molar-refractivity contribution is 6.34. The van der Waals surface area contributed by atoms with Crippen molar-refractivity contribution < 1.29 is 14.4 Å². The van der Waals surface area contributed by atoms with Crippen molar-refractivity contribution >= 4 is 40.7 Å². The number of anilines is 1. The quantitative estimate of drug-likeness (QED) is 0.440. The molecule has 8 heteroatoms.